The summed E-state index contributed by atoms with van der Waals surface area (Å²) >= 11 is 0. The molecule has 116 valence electrons. The Labute approximate surface area is 150 Å². The summed E-state index contributed by atoms with van der Waals surface area (Å²) in [6.07, 6.45) is 3.05. The van der Waals surface area contributed by atoms with Crippen LogP contribution < -0.4 is 32.9 Å². The molecular weight excluding hydrogens is 363 g/mol. The minimum absolute atomic E-state index is 0. The largest absolute Gasteiger partial charge is 1.00 e. The van der Waals surface area contributed by atoms with Gasteiger partial charge in [-0.25, -0.2) is 0 Å². The predicted octanol–water partition coefficient (Wildman–Crippen LogP) is 1.17. The van der Waals surface area contributed by atoms with E-state index in [4.69, 9.17) is 0 Å². The van der Waals surface area contributed by atoms with Gasteiger partial charge in [0.25, 0.3) is 0 Å². The van der Waals surface area contributed by atoms with Crippen LogP contribution in [0.1, 0.15) is 0 Å². The molecule has 0 aliphatic carbocycles. The summed E-state index contributed by atoms with van der Waals surface area (Å²) in [6, 6.07) is 32.7. The van der Waals surface area contributed by atoms with Crippen molar-refractivity contribution < 1.29 is 17.0 Å². The molecule has 0 saturated heterocycles. The van der Waals surface area contributed by atoms with E-state index < -0.39 is 7.26 Å². The van der Waals surface area contributed by atoms with E-state index in [-0.39, 0.29) is 17.0 Å². The zero-order chi connectivity index (χ0) is 15.3. The SMILES string of the molecule is C=CC[P+](c1ccccc1)(c1ccccc1)c1ccccc1.[Br-]. The van der Waals surface area contributed by atoms with E-state index >= 15 is 0 Å². The quantitative estimate of drug-likeness (QED) is 0.459. The Hall–Kier alpha value is -1.69. The van der Waals surface area contributed by atoms with Crippen molar-refractivity contribution in [1.29, 1.82) is 0 Å². The number of rotatable bonds is 5. The molecule has 0 nitrogen and oxygen atoms in total. The summed E-state index contributed by atoms with van der Waals surface area (Å²) in [5.41, 5.74) is 0. The van der Waals surface area contributed by atoms with Gasteiger partial charge in [0.2, 0.25) is 0 Å². The highest BCUT2D eigenvalue weighted by molar-refractivity contribution is 7.95. The molecule has 0 aromatic heterocycles. The lowest BCUT2D eigenvalue weighted by atomic mass is 10.4. The number of halogens is 1. The molecule has 0 spiro atoms. The van der Waals surface area contributed by atoms with Gasteiger partial charge in [-0.05, 0) is 36.4 Å². The smallest absolute Gasteiger partial charge is 0.115 e. The summed E-state index contributed by atoms with van der Waals surface area (Å²) in [6.45, 7) is 4.05. The maximum Gasteiger partial charge on any atom is 0.115 e. The summed E-state index contributed by atoms with van der Waals surface area (Å²) in [5, 5.41) is 4.23. The topological polar surface area (TPSA) is 0 Å². The highest BCUT2D eigenvalue weighted by Crippen LogP contribution is 2.55. The van der Waals surface area contributed by atoms with Crippen molar-refractivity contribution >= 4 is 23.2 Å². The maximum atomic E-state index is 4.05. The third-order valence-corrected chi connectivity index (χ3v) is 8.34. The fourth-order valence-electron chi connectivity index (χ4n) is 3.00. The molecule has 0 amide bonds. The van der Waals surface area contributed by atoms with E-state index in [2.05, 4.69) is 104 Å². The Bertz CT molecular complexity index is 627. The number of hydrogen-bond acceptors (Lipinski definition) is 0. The molecule has 0 fully saturated rings. The third kappa shape index (κ3) is 3.47. The lowest BCUT2D eigenvalue weighted by Gasteiger charge is -2.26. The number of benzene rings is 3. The van der Waals surface area contributed by atoms with Crippen LogP contribution in [0.2, 0.25) is 0 Å². The first-order valence-electron chi connectivity index (χ1n) is 7.54. The molecule has 0 aliphatic heterocycles. The highest BCUT2D eigenvalue weighted by Gasteiger charge is 2.43. The van der Waals surface area contributed by atoms with Crippen molar-refractivity contribution in [3.8, 4) is 0 Å². The normalized spacial score (nSPS) is 10.6. The van der Waals surface area contributed by atoms with Crippen LogP contribution in [0.15, 0.2) is 104 Å². The molecule has 23 heavy (non-hydrogen) atoms. The third-order valence-electron chi connectivity index (χ3n) is 3.99. The van der Waals surface area contributed by atoms with Gasteiger partial charge in [0.05, 0.1) is 6.16 Å². The molecular formula is C21H20BrP. The van der Waals surface area contributed by atoms with Gasteiger partial charge in [-0.2, -0.15) is 0 Å². The highest BCUT2D eigenvalue weighted by atomic mass is 79.9. The standard InChI is InChI=1S/C21H20P.BrH/c1-2-18-22(19-12-6-3-7-13-19,20-14-8-4-9-15-20)21-16-10-5-11-17-21;/h2-17H,1,18H2;1H/q+1;/p-1. The van der Waals surface area contributed by atoms with Gasteiger partial charge in [0.15, 0.2) is 0 Å². The van der Waals surface area contributed by atoms with Gasteiger partial charge in [-0.15, -0.1) is 0 Å². The zero-order valence-electron chi connectivity index (χ0n) is 13.0. The Kier molecular flexibility index (Phi) is 6.33. The van der Waals surface area contributed by atoms with E-state index in [0.717, 1.165) is 6.16 Å². The Balaban J connectivity index is 0.00000192. The summed E-state index contributed by atoms with van der Waals surface area (Å²) in [7, 11) is -1.67. The second-order valence-electron chi connectivity index (χ2n) is 5.29. The van der Waals surface area contributed by atoms with Crippen LogP contribution in [0, 0.1) is 0 Å². The van der Waals surface area contributed by atoms with Crippen LogP contribution in [0.25, 0.3) is 0 Å². The van der Waals surface area contributed by atoms with Crippen molar-refractivity contribution in [1.82, 2.24) is 0 Å². The fourth-order valence-corrected chi connectivity index (χ4v) is 6.96. The van der Waals surface area contributed by atoms with E-state index in [1.54, 1.807) is 0 Å². The number of hydrogen-bond donors (Lipinski definition) is 0. The Morgan fingerprint density at radius 3 is 1.17 bits per heavy atom. The maximum absolute atomic E-state index is 4.05. The summed E-state index contributed by atoms with van der Waals surface area (Å²) in [5.74, 6) is 0. The lowest BCUT2D eigenvalue weighted by molar-refractivity contribution is -0.00000425. The van der Waals surface area contributed by atoms with Gasteiger partial charge in [-0.1, -0.05) is 67.3 Å². The first kappa shape index (κ1) is 17.7. The van der Waals surface area contributed by atoms with Gasteiger partial charge < -0.3 is 17.0 Å². The van der Waals surface area contributed by atoms with Crippen LogP contribution in [0.3, 0.4) is 0 Å². The van der Waals surface area contributed by atoms with Gasteiger partial charge in [0, 0.05) is 0 Å². The molecule has 3 aromatic carbocycles. The molecule has 3 aromatic rings. The van der Waals surface area contributed by atoms with Crippen molar-refractivity contribution in [3.05, 3.63) is 104 Å². The number of allylic oxidation sites excluding steroid dienone is 1. The second kappa shape index (κ2) is 8.24. The Morgan fingerprint density at radius 2 is 0.913 bits per heavy atom. The van der Waals surface area contributed by atoms with Crippen molar-refractivity contribution in [2.45, 2.75) is 0 Å². The first-order chi connectivity index (χ1) is 10.9. The first-order valence-corrected chi connectivity index (χ1v) is 9.51. The van der Waals surface area contributed by atoms with E-state index in [1.165, 1.54) is 15.9 Å². The molecule has 0 aliphatic rings. The van der Waals surface area contributed by atoms with Crippen molar-refractivity contribution in [3.63, 3.8) is 0 Å². The Morgan fingerprint density at radius 1 is 0.609 bits per heavy atom. The van der Waals surface area contributed by atoms with Crippen LogP contribution in [-0.4, -0.2) is 6.16 Å². The zero-order valence-corrected chi connectivity index (χ0v) is 15.5. The van der Waals surface area contributed by atoms with Crippen LogP contribution in [0.5, 0.6) is 0 Å². The predicted molar refractivity (Wildman–Crippen MR) is 100 cm³/mol. The monoisotopic (exact) mass is 382 g/mol. The molecule has 0 radical (unpaired) electrons. The molecule has 0 N–H and O–H groups in total. The molecule has 2 heteroatoms. The minimum atomic E-state index is -1.67. The van der Waals surface area contributed by atoms with Gasteiger partial charge in [0.1, 0.15) is 23.2 Å². The van der Waals surface area contributed by atoms with Gasteiger partial charge in [-0.3, -0.25) is 0 Å². The summed E-state index contributed by atoms with van der Waals surface area (Å²) in [4.78, 5) is 0. The average Bonchev–Trinajstić information content (AvgIpc) is 2.62. The lowest BCUT2D eigenvalue weighted by Crippen LogP contribution is -3.00. The van der Waals surface area contributed by atoms with E-state index in [9.17, 15) is 0 Å². The molecule has 3 rings (SSSR count). The minimum Gasteiger partial charge on any atom is -1.00 e. The molecule has 0 saturated carbocycles. The van der Waals surface area contributed by atoms with E-state index in [1.807, 2.05) is 0 Å². The molecule has 0 heterocycles. The van der Waals surface area contributed by atoms with Crippen molar-refractivity contribution in [2.24, 2.45) is 0 Å². The second-order valence-corrected chi connectivity index (χ2v) is 8.82. The van der Waals surface area contributed by atoms with Crippen LogP contribution in [-0.2, 0) is 0 Å². The fraction of sp³-hybridized carbons (Fsp3) is 0.0476. The molecule has 0 unspecified atom stereocenters. The average molecular weight is 383 g/mol. The molecule has 0 atom stereocenters. The van der Waals surface area contributed by atoms with Gasteiger partial charge >= 0.3 is 0 Å². The van der Waals surface area contributed by atoms with Crippen LogP contribution >= 0.6 is 7.26 Å². The van der Waals surface area contributed by atoms with E-state index in [0.29, 0.717) is 0 Å². The summed E-state index contributed by atoms with van der Waals surface area (Å²) < 4.78 is 0. The molecule has 0 bridgehead atoms. The van der Waals surface area contributed by atoms with Crippen molar-refractivity contribution in [2.75, 3.05) is 6.16 Å². The van der Waals surface area contributed by atoms with Crippen LogP contribution in [0.4, 0.5) is 0 Å².